The molecule has 0 amide bonds. The van der Waals surface area contributed by atoms with Gasteiger partial charge in [0.2, 0.25) is 0 Å². The van der Waals surface area contributed by atoms with Crippen LogP contribution in [0.2, 0.25) is 0 Å². The number of rotatable bonds is 3. The first-order chi connectivity index (χ1) is 10.3. The van der Waals surface area contributed by atoms with Crippen molar-refractivity contribution in [3.63, 3.8) is 0 Å². The largest absolute Gasteiger partial charge is 0.299 e. The standard InChI is InChI=1S/C19H15ClO/c20-17-6-3-4-14(8-9-17)12-16-13-15-5-1-2-7-18(15)19(16)10-11-21/h1-2,4-11,16H,12-13H2/b19-10-. The van der Waals surface area contributed by atoms with E-state index in [0.29, 0.717) is 11.0 Å². The summed E-state index contributed by atoms with van der Waals surface area (Å²) in [6.07, 6.45) is 12.1. The van der Waals surface area contributed by atoms with Gasteiger partial charge in [0, 0.05) is 5.03 Å². The predicted molar refractivity (Wildman–Crippen MR) is 87.0 cm³/mol. The molecule has 0 aromatic heterocycles. The third-order valence-corrected chi connectivity index (χ3v) is 4.15. The molecule has 0 radical (unpaired) electrons. The molecule has 21 heavy (non-hydrogen) atoms. The second-order valence-electron chi connectivity index (χ2n) is 5.27. The summed E-state index contributed by atoms with van der Waals surface area (Å²) < 4.78 is 0. The van der Waals surface area contributed by atoms with Crippen molar-refractivity contribution in [1.29, 1.82) is 0 Å². The molecule has 1 atom stereocenters. The van der Waals surface area contributed by atoms with Gasteiger partial charge in [0.15, 0.2) is 0 Å². The second kappa shape index (κ2) is 6.13. The monoisotopic (exact) mass is 294 g/mol. The normalized spacial score (nSPS) is 21.8. The van der Waals surface area contributed by atoms with Gasteiger partial charge in [-0.25, -0.2) is 0 Å². The molecule has 2 aliphatic carbocycles. The third-order valence-electron chi connectivity index (χ3n) is 3.91. The second-order valence-corrected chi connectivity index (χ2v) is 5.71. The maximum absolute atomic E-state index is 11.0. The Morgan fingerprint density at radius 3 is 2.95 bits per heavy atom. The van der Waals surface area contributed by atoms with Crippen LogP contribution >= 0.6 is 11.6 Å². The van der Waals surface area contributed by atoms with Gasteiger partial charge >= 0.3 is 0 Å². The molecular weight excluding hydrogens is 280 g/mol. The zero-order chi connectivity index (χ0) is 14.7. The van der Waals surface area contributed by atoms with Crippen molar-refractivity contribution in [3.8, 4) is 0 Å². The lowest BCUT2D eigenvalue weighted by Gasteiger charge is -2.12. The number of hydrogen-bond acceptors (Lipinski definition) is 1. The Bertz CT molecular complexity index is 728. The van der Waals surface area contributed by atoms with Gasteiger partial charge in [0.05, 0.1) is 0 Å². The fraction of sp³-hybridized carbons (Fsp3) is 0.158. The van der Waals surface area contributed by atoms with Gasteiger partial charge in [-0.1, -0.05) is 41.9 Å². The molecule has 0 aliphatic heterocycles. The van der Waals surface area contributed by atoms with Crippen LogP contribution in [0, 0.1) is 5.92 Å². The lowest BCUT2D eigenvalue weighted by Crippen LogP contribution is -2.00. The Hall–Kier alpha value is -2.08. The highest BCUT2D eigenvalue weighted by Crippen LogP contribution is 2.40. The number of carbonyl (C=O) groups is 1. The molecule has 0 N–H and O–H groups in total. The van der Waals surface area contributed by atoms with Gasteiger partial charge in [-0.15, -0.1) is 5.73 Å². The van der Waals surface area contributed by atoms with E-state index in [2.05, 4.69) is 23.9 Å². The summed E-state index contributed by atoms with van der Waals surface area (Å²) in [4.78, 5) is 11.0. The molecule has 104 valence electrons. The average Bonchev–Trinajstić information content (AvgIpc) is 2.69. The third kappa shape index (κ3) is 3.00. The van der Waals surface area contributed by atoms with Crippen molar-refractivity contribution in [2.75, 3.05) is 0 Å². The summed E-state index contributed by atoms with van der Waals surface area (Å²) in [7, 11) is 0. The number of fused-ring (bicyclic) bond motifs is 1. The molecular formula is C19H15ClO. The summed E-state index contributed by atoms with van der Waals surface area (Å²) >= 11 is 5.98. The predicted octanol–water partition coefficient (Wildman–Crippen LogP) is 4.61. The molecule has 0 bridgehead atoms. The Labute approximate surface area is 129 Å². The fourth-order valence-corrected chi connectivity index (χ4v) is 3.11. The van der Waals surface area contributed by atoms with Crippen molar-refractivity contribution < 1.29 is 4.79 Å². The number of allylic oxidation sites excluding steroid dienone is 7. The maximum Gasteiger partial charge on any atom is 0.143 e. The van der Waals surface area contributed by atoms with Crippen LogP contribution in [0.3, 0.4) is 0 Å². The Morgan fingerprint density at radius 1 is 1.24 bits per heavy atom. The molecule has 0 spiro atoms. The van der Waals surface area contributed by atoms with Gasteiger partial charge < -0.3 is 0 Å². The van der Waals surface area contributed by atoms with E-state index in [9.17, 15) is 4.79 Å². The molecule has 1 aromatic rings. The van der Waals surface area contributed by atoms with Crippen molar-refractivity contribution in [2.24, 2.45) is 5.92 Å². The smallest absolute Gasteiger partial charge is 0.143 e. The lowest BCUT2D eigenvalue weighted by molar-refractivity contribution is -0.104. The van der Waals surface area contributed by atoms with Crippen LogP contribution < -0.4 is 0 Å². The summed E-state index contributed by atoms with van der Waals surface area (Å²) in [5, 5.41) is 0.680. The first-order valence-electron chi connectivity index (χ1n) is 7.00. The highest BCUT2D eigenvalue weighted by molar-refractivity contribution is 6.31. The molecule has 3 rings (SSSR count). The highest BCUT2D eigenvalue weighted by atomic mass is 35.5. The van der Waals surface area contributed by atoms with Gasteiger partial charge in [0.1, 0.15) is 6.29 Å². The van der Waals surface area contributed by atoms with E-state index in [0.717, 1.165) is 24.7 Å². The van der Waals surface area contributed by atoms with E-state index in [1.54, 1.807) is 12.2 Å². The van der Waals surface area contributed by atoms with E-state index < -0.39 is 0 Å². The van der Waals surface area contributed by atoms with E-state index in [4.69, 9.17) is 11.6 Å². The van der Waals surface area contributed by atoms with Gasteiger partial charge in [-0.2, -0.15) is 0 Å². The lowest BCUT2D eigenvalue weighted by atomic mass is 9.92. The zero-order valence-corrected chi connectivity index (χ0v) is 12.3. The number of halogens is 1. The minimum absolute atomic E-state index is 0.335. The van der Waals surface area contributed by atoms with Crippen LogP contribution in [-0.4, -0.2) is 6.29 Å². The fourth-order valence-electron chi connectivity index (χ4n) is 2.98. The Kier molecular flexibility index (Phi) is 4.06. The minimum Gasteiger partial charge on any atom is -0.299 e. The highest BCUT2D eigenvalue weighted by Gasteiger charge is 2.26. The van der Waals surface area contributed by atoms with Crippen LogP contribution in [-0.2, 0) is 11.2 Å². The first-order valence-corrected chi connectivity index (χ1v) is 7.38. The quantitative estimate of drug-likeness (QED) is 0.452. The number of carbonyl (C=O) groups excluding carboxylic acids is 1. The number of aldehydes is 1. The summed E-state index contributed by atoms with van der Waals surface area (Å²) in [6, 6.07) is 8.31. The Balaban J connectivity index is 1.89. The van der Waals surface area contributed by atoms with E-state index in [1.807, 2.05) is 24.3 Å². The van der Waals surface area contributed by atoms with Crippen LogP contribution in [0.1, 0.15) is 17.5 Å². The van der Waals surface area contributed by atoms with Crippen LogP contribution in [0.15, 0.2) is 71.0 Å². The molecule has 1 nitrogen and oxygen atoms in total. The molecule has 1 unspecified atom stereocenters. The summed E-state index contributed by atoms with van der Waals surface area (Å²) in [6.45, 7) is 0. The summed E-state index contributed by atoms with van der Waals surface area (Å²) in [5.74, 6) is 0.335. The first kappa shape index (κ1) is 13.9. The molecule has 1 aromatic carbocycles. The van der Waals surface area contributed by atoms with Gasteiger partial charge in [-0.3, -0.25) is 4.79 Å². The number of hydrogen-bond donors (Lipinski definition) is 0. The van der Waals surface area contributed by atoms with E-state index in [-0.39, 0.29) is 0 Å². The zero-order valence-electron chi connectivity index (χ0n) is 11.6. The molecule has 2 heteroatoms. The van der Waals surface area contributed by atoms with Crippen LogP contribution in [0.5, 0.6) is 0 Å². The van der Waals surface area contributed by atoms with E-state index in [1.165, 1.54) is 16.7 Å². The van der Waals surface area contributed by atoms with Gasteiger partial charge in [0.25, 0.3) is 0 Å². The molecule has 2 aliphatic rings. The summed E-state index contributed by atoms with van der Waals surface area (Å²) in [5.41, 5.74) is 7.92. The molecule has 0 fully saturated rings. The molecule has 0 saturated heterocycles. The minimum atomic E-state index is 0.335. The van der Waals surface area contributed by atoms with Gasteiger partial charge in [-0.05, 0) is 65.3 Å². The van der Waals surface area contributed by atoms with Crippen LogP contribution in [0.25, 0.3) is 5.57 Å². The van der Waals surface area contributed by atoms with Crippen LogP contribution in [0.4, 0.5) is 0 Å². The average molecular weight is 295 g/mol. The Morgan fingerprint density at radius 2 is 2.10 bits per heavy atom. The topological polar surface area (TPSA) is 17.1 Å². The molecule has 0 heterocycles. The van der Waals surface area contributed by atoms with Crippen molar-refractivity contribution in [2.45, 2.75) is 12.8 Å². The van der Waals surface area contributed by atoms with Crippen molar-refractivity contribution in [1.82, 2.24) is 0 Å². The SMILES string of the molecule is O=C/C=C1\c2ccccc2CC1CC1=CC=C(Cl)C=C=C1. The maximum atomic E-state index is 11.0. The van der Waals surface area contributed by atoms with E-state index >= 15 is 0 Å². The van der Waals surface area contributed by atoms with Crippen molar-refractivity contribution >= 4 is 23.5 Å². The van der Waals surface area contributed by atoms with Crippen molar-refractivity contribution in [3.05, 3.63) is 82.1 Å². The number of benzene rings is 1. The molecule has 0 saturated carbocycles.